The highest BCUT2D eigenvalue weighted by Crippen LogP contribution is 2.47. The van der Waals surface area contributed by atoms with Crippen molar-refractivity contribution in [2.45, 2.75) is 27.7 Å². The Morgan fingerprint density at radius 1 is 0.154 bits per heavy atom. The van der Waals surface area contributed by atoms with Crippen molar-refractivity contribution in [3.8, 4) is 89.0 Å². The molecule has 104 heavy (non-hydrogen) atoms. The van der Waals surface area contributed by atoms with Crippen molar-refractivity contribution in [2.24, 2.45) is 20.0 Å². The summed E-state index contributed by atoms with van der Waals surface area (Å²) in [7, 11) is 0. The molecule has 0 spiro atoms. The number of aliphatic imine (C=N–C) groups is 4. The second-order valence-corrected chi connectivity index (χ2v) is 26.9. The first kappa shape index (κ1) is 64.1. The first-order chi connectivity index (χ1) is 51.2. The molecule has 0 saturated heterocycles. The molecule has 18 rings (SSSR count). The molecule has 0 heterocycles. The first-order valence-electron chi connectivity index (χ1n) is 35.7. The molecule has 0 saturated carbocycles. The lowest BCUT2D eigenvalue weighted by atomic mass is 9.94. The predicted molar refractivity (Wildman–Crippen MR) is 441 cm³/mol. The lowest BCUT2D eigenvalue weighted by molar-refractivity contribution is 1.38. The van der Waals surface area contributed by atoms with E-state index in [4.69, 9.17) is 20.0 Å². The van der Waals surface area contributed by atoms with E-state index in [1.165, 1.54) is 66.1 Å². The van der Waals surface area contributed by atoms with Gasteiger partial charge in [-0.25, -0.2) is 20.0 Å². The van der Waals surface area contributed by atoms with Crippen molar-refractivity contribution >= 4 is 67.1 Å². The minimum absolute atomic E-state index is 0.894. The van der Waals surface area contributed by atoms with Gasteiger partial charge >= 0.3 is 0 Å². The van der Waals surface area contributed by atoms with E-state index in [-0.39, 0.29) is 0 Å². The summed E-state index contributed by atoms with van der Waals surface area (Å²) in [5.74, 6) is 0. The number of nitrogens with zero attached hydrogens (tertiary/aromatic N) is 4. The van der Waals surface area contributed by atoms with Gasteiger partial charge in [0.25, 0.3) is 0 Å². The average molecular weight is 1330 g/mol. The molecule has 0 bridgehead atoms. The van der Waals surface area contributed by atoms with E-state index in [0.29, 0.717) is 0 Å². The topological polar surface area (TPSA) is 49.4 Å². The second-order valence-electron chi connectivity index (χ2n) is 26.9. The van der Waals surface area contributed by atoms with Crippen LogP contribution in [0, 0.1) is 27.7 Å². The molecule has 0 fully saturated rings. The third-order valence-electron chi connectivity index (χ3n) is 20.1. The van der Waals surface area contributed by atoms with Crippen molar-refractivity contribution in [3.63, 3.8) is 0 Å². The highest BCUT2D eigenvalue weighted by atomic mass is 14.9. The van der Waals surface area contributed by atoms with Crippen LogP contribution in [-0.4, -0.2) is 22.8 Å². The Kier molecular flexibility index (Phi) is 17.3. The number of aryl methyl sites for hydroxylation is 4. The van der Waals surface area contributed by atoms with E-state index < -0.39 is 0 Å². The highest BCUT2D eigenvalue weighted by Gasteiger charge is 2.31. The van der Waals surface area contributed by atoms with Gasteiger partial charge in [0.05, 0.1) is 45.6 Å². The van der Waals surface area contributed by atoms with Crippen LogP contribution in [0.3, 0.4) is 0 Å². The molecular formula is C100H72N4. The largest absolute Gasteiger partial charge is 0.245 e. The smallest absolute Gasteiger partial charge is 0.0979 e. The molecule has 0 atom stereocenters. The van der Waals surface area contributed by atoms with Gasteiger partial charge in [0.1, 0.15) is 0 Å². The third kappa shape index (κ3) is 12.4. The molecule has 0 aromatic heterocycles. The van der Waals surface area contributed by atoms with Gasteiger partial charge in [0.2, 0.25) is 0 Å². The highest BCUT2D eigenvalue weighted by molar-refractivity contribution is 6.62. The minimum Gasteiger partial charge on any atom is -0.245 e. The Morgan fingerprint density at radius 2 is 0.337 bits per heavy atom. The summed E-state index contributed by atoms with van der Waals surface area (Å²) in [6, 6.07) is 129. The number of rotatable bonds is 12. The molecule has 0 unspecified atom stereocenters. The van der Waals surface area contributed by atoms with Crippen molar-refractivity contribution in [1.82, 2.24) is 0 Å². The molecule has 2 aliphatic carbocycles. The zero-order chi connectivity index (χ0) is 70.0. The zero-order valence-corrected chi connectivity index (χ0v) is 58.4. The van der Waals surface area contributed by atoms with E-state index in [1.54, 1.807) is 0 Å². The first-order valence-corrected chi connectivity index (χ1v) is 35.7. The van der Waals surface area contributed by atoms with E-state index >= 15 is 0 Å². The van der Waals surface area contributed by atoms with Crippen LogP contribution in [0.15, 0.2) is 384 Å². The molecule has 2 aliphatic rings. The van der Waals surface area contributed by atoms with Gasteiger partial charge in [-0.3, -0.25) is 0 Å². The van der Waals surface area contributed by atoms with Crippen LogP contribution in [0.25, 0.3) is 111 Å². The SMILES string of the molecule is Cc1cc(-c2ccccc2)cc(-c2ccccc2)c1N=C1C(=Nc2c(C)cc(-c3ccccc3)cc2-c2ccccc2)c2cccc3cccc1c23.Cc1cc(-c2ccccc2)cc(-c2ccccc2)c1N=C1C(=Nc2c(C)cc(-c3ccccc3)cc2-c2ccccc2)c2cccc3cccc1c23. The Balaban J connectivity index is 0.000000154. The van der Waals surface area contributed by atoms with Crippen LogP contribution in [0.2, 0.25) is 0 Å². The number of hydrogen-bond acceptors (Lipinski definition) is 4. The van der Waals surface area contributed by atoms with Gasteiger partial charge in [-0.2, -0.15) is 0 Å². The van der Waals surface area contributed by atoms with Crippen LogP contribution in [-0.2, 0) is 0 Å². The quantitative estimate of drug-likeness (QED) is 0.117. The monoisotopic (exact) mass is 1330 g/mol. The predicted octanol–water partition coefficient (Wildman–Crippen LogP) is 26.8. The maximum atomic E-state index is 5.67. The zero-order valence-electron chi connectivity index (χ0n) is 58.4. The van der Waals surface area contributed by atoms with E-state index in [0.717, 1.165) is 135 Å². The second kappa shape index (κ2) is 28.0. The van der Waals surface area contributed by atoms with Gasteiger partial charge in [-0.05, 0) is 176 Å². The van der Waals surface area contributed by atoms with E-state index in [2.05, 4.69) is 392 Å². The lowest BCUT2D eigenvalue weighted by Crippen LogP contribution is -2.11. The van der Waals surface area contributed by atoms with Crippen LogP contribution >= 0.6 is 0 Å². The fourth-order valence-corrected chi connectivity index (χ4v) is 15.1. The van der Waals surface area contributed by atoms with E-state index in [1.807, 2.05) is 0 Å². The molecule has 4 nitrogen and oxygen atoms in total. The van der Waals surface area contributed by atoms with Crippen molar-refractivity contribution < 1.29 is 0 Å². The van der Waals surface area contributed by atoms with Gasteiger partial charge in [-0.15, -0.1) is 0 Å². The Morgan fingerprint density at radius 3 is 0.529 bits per heavy atom. The summed E-state index contributed by atoms with van der Waals surface area (Å²) < 4.78 is 0. The summed E-state index contributed by atoms with van der Waals surface area (Å²) in [5.41, 5.74) is 34.7. The summed E-state index contributed by atoms with van der Waals surface area (Å²) in [4.78, 5) is 22.7. The maximum Gasteiger partial charge on any atom is 0.0979 e. The molecule has 0 aliphatic heterocycles. The standard InChI is InChI=1S/2C50H36N2/c2*1-33-29-40(35-17-7-3-8-18-35)31-44(37-21-11-5-12-22-37)47(33)51-49-42-27-15-25-39-26-16-28-43(46(39)42)50(49)52-48-34(2)30-41(36-19-9-4-10-20-36)32-45(48)38-23-13-6-14-24-38/h2*3-32H,1-2H3. The fourth-order valence-electron chi connectivity index (χ4n) is 15.1. The molecule has 0 radical (unpaired) electrons. The average Bonchev–Trinajstić information content (AvgIpc) is 1.54. The summed E-state index contributed by atoms with van der Waals surface area (Å²) in [6.45, 7) is 8.71. The fraction of sp³-hybridized carbons (Fsp3) is 0.0400. The van der Waals surface area contributed by atoms with Crippen LogP contribution in [0.1, 0.15) is 44.5 Å². The van der Waals surface area contributed by atoms with Crippen LogP contribution < -0.4 is 0 Å². The van der Waals surface area contributed by atoms with Gasteiger partial charge in [0, 0.05) is 55.3 Å². The lowest BCUT2D eigenvalue weighted by Gasteiger charge is -2.16. The minimum atomic E-state index is 0.894. The molecular weight excluding hydrogens is 1260 g/mol. The van der Waals surface area contributed by atoms with Gasteiger partial charge in [-0.1, -0.05) is 315 Å². The summed E-state index contributed by atoms with van der Waals surface area (Å²) in [5, 5.41) is 4.77. The van der Waals surface area contributed by atoms with Crippen molar-refractivity contribution in [3.05, 3.63) is 408 Å². The molecule has 0 amide bonds. The van der Waals surface area contributed by atoms with Crippen LogP contribution in [0.4, 0.5) is 22.7 Å². The van der Waals surface area contributed by atoms with Gasteiger partial charge < -0.3 is 0 Å². The number of benzene rings is 16. The Hall–Kier alpha value is -13.3. The van der Waals surface area contributed by atoms with Crippen molar-refractivity contribution in [1.29, 1.82) is 0 Å². The molecule has 16 aromatic rings. The van der Waals surface area contributed by atoms with E-state index in [9.17, 15) is 0 Å². The molecule has 492 valence electrons. The maximum absolute atomic E-state index is 5.67. The van der Waals surface area contributed by atoms with Crippen LogP contribution in [0.5, 0.6) is 0 Å². The summed E-state index contributed by atoms with van der Waals surface area (Å²) in [6.07, 6.45) is 0. The Bertz CT molecular complexity index is 5320. The van der Waals surface area contributed by atoms with Gasteiger partial charge in [0.15, 0.2) is 0 Å². The normalized spacial score (nSPS) is 13.7. The summed E-state index contributed by atoms with van der Waals surface area (Å²) >= 11 is 0. The Labute approximate surface area is 608 Å². The number of hydrogen-bond donors (Lipinski definition) is 0. The van der Waals surface area contributed by atoms with Crippen molar-refractivity contribution in [2.75, 3.05) is 0 Å². The molecule has 0 N–H and O–H groups in total. The molecule has 16 aromatic carbocycles. The third-order valence-corrected chi connectivity index (χ3v) is 20.1. The molecule has 4 heteroatoms.